The van der Waals surface area contributed by atoms with Crippen molar-refractivity contribution in [1.82, 2.24) is 10.2 Å². The third-order valence-electron chi connectivity index (χ3n) is 3.62. The molecule has 1 amide bonds. The first-order valence-electron chi connectivity index (χ1n) is 6.96. The first-order chi connectivity index (χ1) is 8.67. The predicted molar refractivity (Wildman–Crippen MR) is 75.1 cm³/mol. The number of nitrogens with zero attached hydrogens (tertiary/aromatic N) is 1. The number of aliphatic hydroxyl groups excluding tert-OH is 1. The minimum Gasteiger partial charge on any atom is -0.444 e. The Balaban J connectivity index is 2.67. The molecule has 0 aromatic heterocycles. The smallest absolute Gasteiger partial charge is 0.408 e. The maximum Gasteiger partial charge on any atom is 0.408 e. The second-order valence-electron chi connectivity index (χ2n) is 6.78. The molecule has 1 aliphatic rings. The normalized spacial score (nSPS) is 28.3. The highest BCUT2D eigenvalue weighted by Gasteiger charge is 2.38. The molecule has 1 saturated carbocycles. The second-order valence-corrected chi connectivity index (χ2v) is 6.78. The van der Waals surface area contributed by atoms with Gasteiger partial charge in [-0.15, -0.1) is 0 Å². The van der Waals surface area contributed by atoms with E-state index in [0.717, 1.165) is 25.7 Å². The maximum atomic E-state index is 11.9. The van der Waals surface area contributed by atoms with Crippen molar-refractivity contribution in [2.75, 3.05) is 20.7 Å². The molecule has 0 spiro atoms. The molecule has 0 bridgehead atoms. The van der Waals surface area contributed by atoms with Crippen LogP contribution in [0.1, 0.15) is 46.5 Å². The highest BCUT2D eigenvalue weighted by molar-refractivity contribution is 5.68. The first-order valence-corrected chi connectivity index (χ1v) is 6.96. The van der Waals surface area contributed by atoms with Crippen LogP contribution in [-0.2, 0) is 4.74 Å². The lowest BCUT2D eigenvalue weighted by Crippen LogP contribution is -2.57. The van der Waals surface area contributed by atoms with Crippen molar-refractivity contribution < 1.29 is 14.6 Å². The molecule has 0 aliphatic heterocycles. The minimum atomic E-state index is -0.546. The van der Waals surface area contributed by atoms with E-state index in [1.807, 2.05) is 34.9 Å². The van der Waals surface area contributed by atoms with Crippen LogP contribution >= 0.6 is 0 Å². The van der Waals surface area contributed by atoms with Crippen LogP contribution in [0.25, 0.3) is 0 Å². The molecule has 1 aliphatic carbocycles. The Morgan fingerprint density at radius 3 is 2.58 bits per heavy atom. The molecule has 0 heterocycles. The number of aliphatic hydroxyl groups is 1. The Kier molecular flexibility index (Phi) is 5.21. The molecule has 2 atom stereocenters. The quantitative estimate of drug-likeness (QED) is 0.821. The Bertz CT molecular complexity index is 312. The van der Waals surface area contributed by atoms with Crippen molar-refractivity contribution in [1.29, 1.82) is 0 Å². The molecule has 5 nitrogen and oxygen atoms in total. The SMILES string of the molecule is CN(C)[C@H]1CCC[C@@](CO)(NC(=O)OC(C)(C)C)C1. The van der Waals surface area contributed by atoms with Crippen molar-refractivity contribution in [3.63, 3.8) is 0 Å². The monoisotopic (exact) mass is 272 g/mol. The number of hydrogen-bond acceptors (Lipinski definition) is 4. The lowest BCUT2D eigenvalue weighted by molar-refractivity contribution is 0.0269. The summed E-state index contributed by atoms with van der Waals surface area (Å²) in [6.45, 7) is 5.46. The van der Waals surface area contributed by atoms with Gasteiger partial charge in [-0.05, 0) is 60.5 Å². The summed E-state index contributed by atoms with van der Waals surface area (Å²) in [6.07, 6.45) is 3.22. The summed E-state index contributed by atoms with van der Waals surface area (Å²) in [5, 5.41) is 12.6. The number of carbonyl (C=O) groups excluding carboxylic acids is 1. The number of alkyl carbamates (subject to hydrolysis) is 1. The van der Waals surface area contributed by atoms with Crippen molar-refractivity contribution >= 4 is 6.09 Å². The summed E-state index contributed by atoms with van der Waals surface area (Å²) in [7, 11) is 4.07. The van der Waals surface area contributed by atoms with E-state index in [2.05, 4.69) is 10.2 Å². The molecule has 19 heavy (non-hydrogen) atoms. The molecular formula is C14H28N2O3. The zero-order chi connectivity index (χ0) is 14.7. The number of carbonyl (C=O) groups is 1. The molecule has 2 N–H and O–H groups in total. The molecule has 0 unspecified atom stereocenters. The van der Waals surface area contributed by atoms with Crippen LogP contribution in [0.2, 0.25) is 0 Å². The van der Waals surface area contributed by atoms with Gasteiger partial charge < -0.3 is 20.1 Å². The number of hydrogen-bond donors (Lipinski definition) is 2. The maximum absolute atomic E-state index is 11.9. The predicted octanol–water partition coefficient (Wildman–Crippen LogP) is 1.75. The summed E-state index contributed by atoms with van der Waals surface area (Å²) in [5.74, 6) is 0. The molecule has 5 heteroatoms. The van der Waals surface area contributed by atoms with E-state index in [0.29, 0.717) is 6.04 Å². The highest BCUT2D eigenvalue weighted by atomic mass is 16.6. The van der Waals surface area contributed by atoms with E-state index in [1.165, 1.54) is 0 Å². The van der Waals surface area contributed by atoms with Gasteiger partial charge in [0.1, 0.15) is 5.60 Å². The van der Waals surface area contributed by atoms with E-state index in [-0.39, 0.29) is 6.61 Å². The van der Waals surface area contributed by atoms with E-state index in [9.17, 15) is 9.90 Å². The van der Waals surface area contributed by atoms with Crippen LogP contribution in [0.5, 0.6) is 0 Å². The summed E-state index contributed by atoms with van der Waals surface area (Å²) >= 11 is 0. The van der Waals surface area contributed by atoms with Gasteiger partial charge in [-0.25, -0.2) is 4.79 Å². The second kappa shape index (κ2) is 6.09. The van der Waals surface area contributed by atoms with E-state index < -0.39 is 17.2 Å². The van der Waals surface area contributed by atoms with E-state index in [4.69, 9.17) is 4.74 Å². The van der Waals surface area contributed by atoms with Crippen LogP contribution in [0.3, 0.4) is 0 Å². The lowest BCUT2D eigenvalue weighted by atomic mass is 9.79. The Morgan fingerprint density at radius 2 is 2.11 bits per heavy atom. The fourth-order valence-corrected chi connectivity index (χ4v) is 2.59. The average molecular weight is 272 g/mol. The first kappa shape index (κ1) is 16.2. The fraction of sp³-hybridized carbons (Fsp3) is 0.929. The van der Waals surface area contributed by atoms with E-state index >= 15 is 0 Å². The van der Waals surface area contributed by atoms with Crippen molar-refractivity contribution in [3.05, 3.63) is 0 Å². The number of rotatable bonds is 3. The van der Waals surface area contributed by atoms with Crippen molar-refractivity contribution in [3.8, 4) is 0 Å². The largest absolute Gasteiger partial charge is 0.444 e. The summed E-state index contributed by atoms with van der Waals surface area (Å²) < 4.78 is 5.29. The van der Waals surface area contributed by atoms with Gasteiger partial charge in [0.2, 0.25) is 0 Å². The van der Waals surface area contributed by atoms with Gasteiger partial charge in [-0.3, -0.25) is 0 Å². The third kappa shape index (κ3) is 4.99. The summed E-state index contributed by atoms with van der Waals surface area (Å²) in [4.78, 5) is 14.1. The molecule has 0 aromatic carbocycles. The molecule has 1 rings (SSSR count). The zero-order valence-electron chi connectivity index (χ0n) is 12.8. The van der Waals surface area contributed by atoms with Crippen LogP contribution < -0.4 is 5.32 Å². The van der Waals surface area contributed by atoms with Crippen LogP contribution in [0.15, 0.2) is 0 Å². The van der Waals surface area contributed by atoms with Crippen molar-refractivity contribution in [2.45, 2.75) is 63.6 Å². The summed E-state index contributed by atoms with van der Waals surface area (Å²) in [5.41, 5.74) is -1.06. The van der Waals surface area contributed by atoms with Gasteiger partial charge in [0.25, 0.3) is 0 Å². The van der Waals surface area contributed by atoms with Gasteiger partial charge >= 0.3 is 6.09 Å². The number of amides is 1. The van der Waals surface area contributed by atoms with Crippen LogP contribution in [-0.4, -0.2) is 54.0 Å². The fourth-order valence-electron chi connectivity index (χ4n) is 2.59. The number of ether oxygens (including phenoxy) is 1. The van der Waals surface area contributed by atoms with Gasteiger partial charge in [0.05, 0.1) is 12.1 Å². The van der Waals surface area contributed by atoms with Gasteiger partial charge in [0.15, 0.2) is 0 Å². The topological polar surface area (TPSA) is 61.8 Å². The van der Waals surface area contributed by atoms with Gasteiger partial charge in [-0.2, -0.15) is 0 Å². The standard InChI is InChI=1S/C14H28N2O3/c1-13(2,3)19-12(18)15-14(10-17)8-6-7-11(9-14)16(4)5/h11,17H,6-10H2,1-5H3,(H,15,18)/t11-,14+/m0/s1. The molecule has 112 valence electrons. The number of nitrogens with one attached hydrogen (secondary N) is 1. The third-order valence-corrected chi connectivity index (χ3v) is 3.62. The van der Waals surface area contributed by atoms with E-state index in [1.54, 1.807) is 0 Å². The Labute approximate surface area is 116 Å². The molecule has 0 radical (unpaired) electrons. The molecule has 0 aromatic rings. The minimum absolute atomic E-state index is 0.0451. The highest BCUT2D eigenvalue weighted by Crippen LogP contribution is 2.30. The Morgan fingerprint density at radius 1 is 1.47 bits per heavy atom. The zero-order valence-corrected chi connectivity index (χ0v) is 12.8. The summed E-state index contributed by atoms with van der Waals surface area (Å²) in [6, 6.07) is 0.385. The van der Waals surface area contributed by atoms with Gasteiger partial charge in [-0.1, -0.05) is 0 Å². The average Bonchev–Trinajstić information content (AvgIpc) is 2.26. The lowest BCUT2D eigenvalue weighted by Gasteiger charge is -2.42. The molecular weight excluding hydrogens is 244 g/mol. The van der Waals surface area contributed by atoms with Gasteiger partial charge in [0, 0.05) is 6.04 Å². The van der Waals surface area contributed by atoms with Crippen molar-refractivity contribution in [2.24, 2.45) is 0 Å². The Hall–Kier alpha value is -0.810. The van der Waals surface area contributed by atoms with Crippen LogP contribution in [0, 0.1) is 0 Å². The molecule has 0 saturated heterocycles. The molecule has 1 fully saturated rings. The van der Waals surface area contributed by atoms with Crippen LogP contribution in [0.4, 0.5) is 4.79 Å².